The van der Waals surface area contributed by atoms with Gasteiger partial charge in [-0.25, -0.2) is 4.79 Å². The van der Waals surface area contributed by atoms with E-state index in [1.54, 1.807) is 0 Å². The molecule has 0 atom stereocenters. The molecule has 2 rings (SSSR count). The average molecular weight is 267 g/mol. The Labute approximate surface area is 113 Å². The largest absolute Gasteiger partial charge is 0.335 e. The summed E-state index contributed by atoms with van der Waals surface area (Å²) >= 11 is 6.14. The molecule has 1 fully saturated rings. The van der Waals surface area contributed by atoms with Gasteiger partial charge in [-0.2, -0.15) is 0 Å². The van der Waals surface area contributed by atoms with Gasteiger partial charge in [0.2, 0.25) is 0 Å². The fourth-order valence-corrected chi connectivity index (χ4v) is 2.51. The zero-order chi connectivity index (χ0) is 13.0. The number of aryl methyl sites for hydroxylation is 1. The second-order valence-corrected chi connectivity index (χ2v) is 5.25. The maximum Gasteiger partial charge on any atom is 0.319 e. The molecule has 1 aliphatic rings. The molecule has 1 saturated carbocycles. The second-order valence-electron chi connectivity index (χ2n) is 4.87. The monoisotopic (exact) mass is 266 g/mol. The van der Waals surface area contributed by atoms with Gasteiger partial charge in [0.05, 0.1) is 10.7 Å². The lowest BCUT2D eigenvalue weighted by Gasteiger charge is -2.23. The molecule has 3 nitrogen and oxygen atoms in total. The lowest BCUT2D eigenvalue weighted by Crippen LogP contribution is -2.39. The van der Waals surface area contributed by atoms with Gasteiger partial charge in [-0.05, 0) is 31.4 Å². The quantitative estimate of drug-likeness (QED) is 0.831. The van der Waals surface area contributed by atoms with E-state index in [0.29, 0.717) is 16.8 Å². The van der Waals surface area contributed by atoms with Gasteiger partial charge in [-0.1, -0.05) is 43.0 Å². The van der Waals surface area contributed by atoms with E-state index in [2.05, 4.69) is 10.6 Å². The minimum atomic E-state index is -0.158. The van der Waals surface area contributed by atoms with Crippen LogP contribution in [0.4, 0.5) is 10.5 Å². The smallest absolute Gasteiger partial charge is 0.319 e. The molecule has 0 aliphatic heterocycles. The van der Waals surface area contributed by atoms with E-state index in [0.717, 1.165) is 18.4 Å². The van der Waals surface area contributed by atoms with Crippen LogP contribution in [0, 0.1) is 6.92 Å². The topological polar surface area (TPSA) is 41.1 Å². The third kappa shape index (κ3) is 3.39. The predicted molar refractivity (Wildman–Crippen MR) is 75.2 cm³/mol. The summed E-state index contributed by atoms with van der Waals surface area (Å²) in [7, 11) is 0. The van der Waals surface area contributed by atoms with Crippen LogP contribution in [0.2, 0.25) is 5.02 Å². The molecule has 0 saturated heterocycles. The highest BCUT2D eigenvalue weighted by Crippen LogP contribution is 2.25. The number of anilines is 1. The molecule has 0 spiro atoms. The minimum Gasteiger partial charge on any atom is -0.335 e. The van der Waals surface area contributed by atoms with Crippen LogP contribution in [0.15, 0.2) is 18.2 Å². The van der Waals surface area contributed by atoms with Crippen molar-refractivity contribution in [3.05, 3.63) is 28.8 Å². The molecule has 0 heterocycles. The summed E-state index contributed by atoms with van der Waals surface area (Å²) in [5.41, 5.74) is 1.64. The van der Waals surface area contributed by atoms with E-state index in [1.807, 2.05) is 25.1 Å². The molecule has 0 aromatic heterocycles. The fourth-order valence-electron chi connectivity index (χ4n) is 2.33. The number of rotatable bonds is 2. The van der Waals surface area contributed by atoms with E-state index in [4.69, 9.17) is 11.6 Å². The van der Waals surface area contributed by atoms with Crippen LogP contribution in [-0.2, 0) is 0 Å². The maximum atomic E-state index is 11.9. The normalized spacial score (nSPS) is 16.3. The summed E-state index contributed by atoms with van der Waals surface area (Å²) in [6.45, 7) is 1.92. The molecular formula is C14H19ClN2O. The summed E-state index contributed by atoms with van der Waals surface area (Å²) in [6.07, 6.45) is 5.85. The molecule has 2 N–H and O–H groups in total. The molecule has 4 heteroatoms. The summed E-state index contributed by atoms with van der Waals surface area (Å²) in [5, 5.41) is 6.43. The van der Waals surface area contributed by atoms with Crippen LogP contribution in [0.3, 0.4) is 0 Å². The standard InChI is InChI=1S/C14H19ClN2O/c1-10-6-5-9-12(13(10)15)17-14(18)16-11-7-3-2-4-8-11/h5-6,9,11H,2-4,7-8H2,1H3,(H2,16,17,18). The first-order chi connectivity index (χ1) is 8.66. The summed E-state index contributed by atoms with van der Waals surface area (Å²) in [4.78, 5) is 11.9. The Morgan fingerprint density at radius 1 is 1.28 bits per heavy atom. The molecule has 98 valence electrons. The SMILES string of the molecule is Cc1cccc(NC(=O)NC2CCCCC2)c1Cl. The first-order valence-electron chi connectivity index (χ1n) is 6.49. The molecule has 1 aromatic rings. The van der Waals surface area contributed by atoms with Gasteiger partial charge in [0.1, 0.15) is 0 Å². The minimum absolute atomic E-state index is 0.158. The van der Waals surface area contributed by atoms with Crippen LogP contribution >= 0.6 is 11.6 Å². The Morgan fingerprint density at radius 2 is 2.00 bits per heavy atom. The average Bonchev–Trinajstić information content (AvgIpc) is 2.36. The third-order valence-corrected chi connectivity index (χ3v) is 3.88. The number of amides is 2. The van der Waals surface area contributed by atoms with Gasteiger partial charge < -0.3 is 10.6 Å². The van der Waals surface area contributed by atoms with Crippen LogP contribution in [0.1, 0.15) is 37.7 Å². The van der Waals surface area contributed by atoms with Crippen LogP contribution < -0.4 is 10.6 Å². The molecular weight excluding hydrogens is 248 g/mol. The first kappa shape index (κ1) is 13.2. The zero-order valence-corrected chi connectivity index (χ0v) is 11.4. The molecule has 0 bridgehead atoms. The van der Waals surface area contributed by atoms with Gasteiger partial charge in [0.15, 0.2) is 0 Å². The van der Waals surface area contributed by atoms with Gasteiger partial charge in [-0.15, -0.1) is 0 Å². The predicted octanol–water partition coefficient (Wildman–Crippen LogP) is 4.10. The number of carbonyl (C=O) groups excluding carboxylic acids is 1. The number of hydrogen-bond acceptors (Lipinski definition) is 1. The van der Waals surface area contributed by atoms with Gasteiger partial charge in [0.25, 0.3) is 0 Å². The van der Waals surface area contributed by atoms with Crippen molar-refractivity contribution in [3.63, 3.8) is 0 Å². The molecule has 2 amide bonds. The number of hydrogen-bond donors (Lipinski definition) is 2. The number of halogens is 1. The molecule has 18 heavy (non-hydrogen) atoms. The summed E-state index contributed by atoms with van der Waals surface area (Å²) in [5.74, 6) is 0. The molecule has 1 aromatic carbocycles. The van der Waals surface area contributed by atoms with Crippen molar-refractivity contribution >= 4 is 23.3 Å². The number of carbonyl (C=O) groups is 1. The van der Waals surface area contributed by atoms with Crippen molar-refractivity contribution in [2.45, 2.75) is 45.1 Å². The van der Waals surface area contributed by atoms with E-state index >= 15 is 0 Å². The van der Waals surface area contributed by atoms with Crippen LogP contribution in [-0.4, -0.2) is 12.1 Å². The van der Waals surface area contributed by atoms with Gasteiger partial charge in [-0.3, -0.25) is 0 Å². The van der Waals surface area contributed by atoms with Crippen molar-refractivity contribution in [1.82, 2.24) is 5.32 Å². The third-order valence-electron chi connectivity index (χ3n) is 3.38. The van der Waals surface area contributed by atoms with Crippen molar-refractivity contribution < 1.29 is 4.79 Å². The van der Waals surface area contributed by atoms with E-state index < -0.39 is 0 Å². The fraction of sp³-hybridized carbons (Fsp3) is 0.500. The van der Waals surface area contributed by atoms with E-state index in [1.165, 1.54) is 19.3 Å². The Balaban J connectivity index is 1.92. The Morgan fingerprint density at radius 3 is 2.72 bits per heavy atom. The number of benzene rings is 1. The van der Waals surface area contributed by atoms with Crippen molar-refractivity contribution in [1.29, 1.82) is 0 Å². The number of urea groups is 1. The summed E-state index contributed by atoms with van der Waals surface area (Å²) < 4.78 is 0. The molecule has 1 aliphatic carbocycles. The van der Waals surface area contributed by atoms with Gasteiger partial charge in [0, 0.05) is 6.04 Å². The Hall–Kier alpha value is -1.22. The Kier molecular flexibility index (Phi) is 4.48. The summed E-state index contributed by atoms with van der Waals surface area (Å²) in [6, 6.07) is 5.77. The highest BCUT2D eigenvalue weighted by atomic mass is 35.5. The lowest BCUT2D eigenvalue weighted by molar-refractivity contribution is 0.244. The second kappa shape index (κ2) is 6.10. The maximum absolute atomic E-state index is 11.9. The zero-order valence-electron chi connectivity index (χ0n) is 10.6. The molecule has 0 unspecified atom stereocenters. The van der Waals surface area contributed by atoms with Gasteiger partial charge >= 0.3 is 6.03 Å². The van der Waals surface area contributed by atoms with Crippen LogP contribution in [0.5, 0.6) is 0 Å². The molecule has 0 radical (unpaired) electrons. The highest BCUT2D eigenvalue weighted by molar-refractivity contribution is 6.34. The first-order valence-corrected chi connectivity index (χ1v) is 6.87. The van der Waals surface area contributed by atoms with E-state index in [-0.39, 0.29) is 6.03 Å². The van der Waals surface area contributed by atoms with E-state index in [9.17, 15) is 4.79 Å². The van der Waals surface area contributed by atoms with Crippen molar-refractivity contribution in [2.24, 2.45) is 0 Å². The highest BCUT2D eigenvalue weighted by Gasteiger charge is 2.16. The Bertz CT molecular complexity index is 428. The van der Waals surface area contributed by atoms with Crippen molar-refractivity contribution in [3.8, 4) is 0 Å². The lowest BCUT2D eigenvalue weighted by atomic mass is 9.96. The van der Waals surface area contributed by atoms with Crippen molar-refractivity contribution in [2.75, 3.05) is 5.32 Å². The number of nitrogens with one attached hydrogen (secondary N) is 2. The van der Waals surface area contributed by atoms with Crippen LogP contribution in [0.25, 0.3) is 0 Å².